The van der Waals surface area contributed by atoms with Gasteiger partial charge in [0.25, 0.3) is 5.91 Å². The molecule has 6 nitrogen and oxygen atoms in total. The highest BCUT2D eigenvalue weighted by atomic mass is 16.3. The van der Waals surface area contributed by atoms with E-state index in [1.54, 1.807) is 12.1 Å². The molecule has 6 heteroatoms. The Kier molecular flexibility index (Phi) is 4.95. The molecule has 0 radical (unpaired) electrons. The summed E-state index contributed by atoms with van der Waals surface area (Å²) >= 11 is 0. The van der Waals surface area contributed by atoms with Crippen molar-refractivity contribution < 1.29 is 13.6 Å². The Labute approximate surface area is 151 Å². The average Bonchev–Trinajstić information content (AvgIpc) is 3.01. The zero-order chi connectivity index (χ0) is 18.8. The van der Waals surface area contributed by atoms with Gasteiger partial charge in [-0.3, -0.25) is 14.5 Å². The van der Waals surface area contributed by atoms with Gasteiger partial charge in [0, 0.05) is 12.6 Å². The summed E-state index contributed by atoms with van der Waals surface area (Å²) in [6, 6.07) is 10.2. The van der Waals surface area contributed by atoms with E-state index in [-0.39, 0.29) is 17.2 Å². The van der Waals surface area contributed by atoms with Gasteiger partial charge < -0.3 is 14.2 Å². The quantitative estimate of drug-likeness (QED) is 0.762. The predicted molar refractivity (Wildman–Crippen MR) is 99.4 cm³/mol. The Balaban J connectivity index is 1.80. The molecule has 0 aliphatic heterocycles. The molecule has 3 aromatic rings. The molecule has 0 aliphatic carbocycles. The number of nitrogens with one attached hydrogen (secondary N) is 1. The van der Waals surface area contributed by atoms with Gasteiger partial charge >= 0.3 is 0 Å². The van der Waals surface area contributed by atoms with Gasteiger partial charge in [0.2, 0.25) is 0 Å². The molecule has 0 saturated heterocycles. The van der Waals surface area contributed by atoms with Crippen LogP contribution < -0.4 is 10.7 Å². The molecule has 136 valence electrons. The number of furan rings is 1. The zero-order valence-corrected chi connectivity index (χ0v) is 15.3. The van der Waals surface area contributed by atoms with Crippen molar-refractivity contribution in [2.24, 2.45) is 0 Å². The molecule has 0 spiro atoms. The number of nitrogens with zero attached hydrogens (tertiary/aromatic N) is 1. The third kappa shape index (κ3) is 3.70. The largest absolute Gasteiger partial charge is 0.465 e. The van der Waals surface area contributed by atoms with Crippen LogP contribution in [0.5, 0.6) is 0 Å². The van der Waals surface area contributed by atoms with Crippen molar-refractivity contribution in [3.63, 3.8) is 0 Å². The van der Waals surface area contributed by atoms with Crippen molar-refractivity contribution in [3.05, 3.63) is 69.5 Å². The molecule has 1 aromatic carbocycles. The van der Waals surface area contributed by atoms with Crippen molar-refractivity contribution >= 4 is 16.9 Å². The Hall–Kier alpha value is -2.86. The van der Waals surface area contributed by atoms with E-state index in [0.717, 1.165) is 17.1 Å². The summed E-state index contributed by atoms with van der Waals surface area (Å²) in [5.74, 6) is 1.15. The summed E-state index contributed by atoms with van der Waals surface area (Å²) in [5.41, 5.74) is 1.13. The Morgan fingerprint density at radius 1 is 1.12 bits per heavy atom. The summed E-state index contributed by atoms with van der Waals surface area (Å²) in [6.45, 7) is 4.10. The second-order valence-electron chi connectivity index (χ2n) is 6.61. The summed E-state index contributed by atoms with van der Waals surface area (Å²) in [5, 5.41) is 3.29. The third-order valence-electron chi connectivity index (χ3n) is 4.28. The number of carbonyl (C=O) groups is 1. The topological polar surface area (TPSA) is 75.7 Å². The molecule has 1 atom stereocenters. The lowest BCUT2D eigenvalue weighted by Crippen LogP contribution is -2.34. The number of carbonyl (C=O) groups excluding carboxylic acids is 1. The minimum atomic E-state index is -0.431. The van der Waals surface area contributed by atoms with Gasteiger partial charge in [0.05, 0.1) is 11.4 Å². The number of hydrogen-bond donors (Lipinski definition) is 1. The smallest absolute Gasteiger partial charge is 0.287 e. The maximum Gasteiger partial charge on any atom is 0.287 e. The second kappa shape index (κ2) is 7.17. The molecule has 0 fully saturated rings. The maximum atomic E-state index is 12.5. The number of rotatable bonds is 5. The second-order valence-corrected chi connectivity index (χ2v) is 6.61. The van der Waals surface area contributed by atoms with Crippen LogP contribution in [-0.4, -0.2) is 31.4 Å². The first-order valence-corrected chi connectivity index (χ1v) is 8.40. The first-order valence-electron chi connectivity index (χ1n) is 8.40. The fraction of sp³-hybridized carbons (Fsp3) is 0.300. The number of benzene rings is 1. The van der Waals surface area contributed by atoms with E-state index in [4.69, 9.17) is 8.83 Å². The molecule has 0 unspecified atom stereocenters. The monoisotopic (exact) mass is 354 g/mol. The molecule has 2 heterocycles. The van der Waals surface area contributed by atoms with E-state index >= 15 is 0 Å². The lowest BCUT2D eigenvalue weighted by Gasteiger charge is -2.22. The number of hydrogen-bond acceptors (Lipinski definition) is 5. The summed E-state index contributed by atoms with van der Waals surface area (Å²) in [4.78, 5) is 26.7. The van der Waals surface area contributed by atoms with Gasteiger partial charge in [-0.25, -0.2) is 0 Å². The van der Waals surface area contributed by atoms with E-state index in [1.165, 1.54) is 6.07 Å². The van der Waals surface area contributed by atoms with Crippen molar-refractivity contribution in [2.75, 3.05) is 20.6 Å². The highest BCUT2D eigenvalue weighted by molar-refractivity contribution is 5.93. The first kappa shape index (κ1) is 17.9. The van der Waals surface area contributed by atoms with E-state index in [2.05, 4.69) is 5.32 Å². The number of fused-ring (bicyclic) bond motifs is 1. The van der Waals surface area contributed by atoms with Gasteiger partial charge in [-0.15, -0.1) is 0 Å². The van der Waals surface area contributed by atoms with Crippen LogP contribution in [0.15, 0.2) is 50.0 Å². The molecule has 1 N–H and O–H groups in total. The number of likely N-dealkylation sites (N-methyl/N-ethyl adjacent to an activating group) is 1. The zero-order valence-electron chi connectivity index (χ0n) is 15.3. The average molecular weight is 354 g/mol. The first-order chi connectivity index (χ1) is 12.3. The molecule has 3 rings (SSSR count). The third-order valence-corrected chi connectivity index (χ3v) is 4.28. The van der Waals surface area contributed by atoms with Crippen molar-refractivity contribution in [1.29, 1.82) is 0 Å². The normalized spacial score (nSPS) is 12.5. The van der Waals surface area contributed by atoms with Crippen LogP contribution in [0.2, 0.25) is 0 Å². The van der Waals surface area contributed by atoms with Gasteiger partial charge in [-0.1, -0.05) is 11.6 Å². The van der Waals surface area contributed by atoms with E-state index in [0.29, 0.717) is 17.5 Å². The summed E-state index contributed by atoms with van der Waals surface area (Å²) in [7, 11) is 3.82. The van der Waals surface area contributed by atoms with Gasteiger partial charge in [0.1, 0.15) is 17.1 Å². The molecule has 0 aliphatic rings. The van der Waals surface area contributed by atoms with Crippen LogP contribution in [-0.2, 0) is 0 Å². The molecule has 0 bridgehead atoms. The SMILES string of the molecule is Cc1ccc2oc(C(=O)NC[C@@H](c3ccc(C)o3)N(C)C)cc(=O)c2c1. The van der Waals surface area contributed by atoms with Crippen molar-refractivity contribution in [2.45, 2.75) is 19.9 Å². The Morgan fingerprint density at radius 2 is 1.88 bits per heavy atom. The molecule has 26 heavy (non-hydrogen) atoms. The molecular weight excluding hydrogens is 332 g/mol. The van der Waals surface area contributed by atoms with E-state index in [9.17, 15) is 9.59 Å². The van der Waals surface area contributed by atoms with Crippen LogP contribution in [0, 0.1) is 13.8 Å². The van der Waals surface area contributed by atoms with Crippen LogP contribution >= 0.6 is 0 Å². The van der Waals surface area contributed by atoms with E-state index in [1.807, 2.05) is 51.0 Å². The minimum absolute atomic E-state index is 0.000477. The van der Waals surface area contributed by atoms with Gasteiger partial charge in [-0.2, -0.15) is 0 Å². The summed E-state index contributed by atoms with van der Waals surface area (Å²) < 4.78 is 11.3. The fourth-order valence-corrected chi connectivity index (χ4v) is 2.83. The lowest BCUT2D eigenvalue weighted by molar-refractivity contribution is 0.0911. The van der Waals surface area contributed by atoms with Gasteiger partial charge in [-0.05, 0) is 52.2 Å². The standard InChI is InChI=1S/C20H22N2O4/c1-12-5-7-17-14(9-12)16(23)10-19(26-17)20(24)21-11-15(22(3)4)18-8-6-13(2)25-18/h5-10,15H,11H2,1-4H3,(H,21,24)/t15-/m0/s1. The van der Waals surface area contributed by atoms with Gasteiger partial charge in [0.15, 0.2) is 11.2 Å². The van der Waals surface area contributed by atoms with Crippen LogP contribution in [0.1, 0.15) is 33.7 Å². The highest BCUT2D eigenvalue weighted by Gasteiger charge is 2.20. The summed E-state index contributed by atoms with van der Waals surface area (Å²) in [6.07, 6.45) is 0. The van der Waals surface area contributed by atoms with E-state index < -0.39 is 5.91 Å². The molecule has 2 aromatic heterocycles. The number of amides is 1. The van der Waals surface area contributed by atoms with Crippen LogP contribution in [0.4, 0.5) is 0 Å². The van der Waals surface area contributed by atoms with Crippen LogP contribution in [0.25, 0.3) is 11.0 Å². The molecular formula is C20H22N2O4. The lowest BCUT2D eigenvalue weighted by atomic mass is 10.1. The highest BCUT2D eigenvalue weighted by Crippen LogP contribution is 2.20. The molecule has 0 saturated carbocycles. The Bertz CT molecular complexity index is 1000. The fourth-order valence-electron chi connectivity index (χ4n) is 2.83. The molecule has 1 amide bonds. The minimum Gasteiger partial charge on any atom is -0.465 e. The maximum absolute atomic E-state index is 12.5. The Morgan fingerprint density at radius 3 is 2.54 bits per heavy atom. The number of aryl methyl sites for hydroxylation is 2. The van der Waals surface area contributed by atoms with Crippen molar-refractivity contribution in [1.82, 2.24) is 10.2 Å². The van der Waals surface area contributed by atoms with Crippen LogP contribution in [0.3, 0.4) is 0 Å². The van der Waals surface area contributed by atoms with Crippen molar-refractivity contribution in [3.8, 4) is 0 Å². The predicted octanol–water partition coefficient (Wildman–Crippen LogP) is 3.04.